The number of hydrogen-bond donors (Lipinski definition) is 0. The number of rotatable bonds is 6. The molecule has 6 rings (SSSR count). The minimum atomic E-state index is 0.107. The van der Waals surface area contributed by atoms with E-state index in [1.54, 1.807) is 16.7 Å². The van der Waals surface area contributed by atoms with Gasteiger partial charge in [0.2, 0.25) is 0 Å². The molecule has 0 fully saturated rings. The van der Waals surface area contributed by atoms with E-state index in [9.17, 15) is 0 Å². The molecule has 0 aliphatic heterocycles. The van der Waals surface area contributed by atoms with Gasteiger partial charge in [-0.3, -0.25) is 0 Å². The van der Waals surface area contributed by atoms with Gasteiger partial charge in [-0.25, -0.2) is 0 Å². The van der Waals surface area contributed by atoms with Crippen LogP contribution in [0.5, 0.6) is 0 Å². The minimum absolute atomic E-state index is 0.107. The number of fused-ring (bicyclic) bond motifs is 3. The molecule has 1 aliphatic carbocycles. The van der Waals surface area contributed by atoms with Gasteiger partial charge in [0.1, 0.15) is 0 Å². The van der Waals surface area contributed by atoms with Crippen molar-refractivity contribution >= 4 is 30.3 Å². The fraction of sp³-hybridized carbons (Fsp3) is 0.333. The molecule has 0 saturated carbocycles. The van der Waals surface area contributed by atoms with Gasteiger partial charge in [-0.2, -0.15) is 0 Å². The van der Waals surface area contributed by atoms with Crippen LogP contribution in [0.15, 0.2) is 97.1 Å². The average molecular weight is 683 g/mol. The van der Waals surface area contributed by atoms with Crippen LogP contribution in [0, 0.1) is 0 Å². The average Bonchev–Trinajstić information content (AvgIpc) is 3.72. The Morgan fingerprint density at radius 1 is 0.717 bits per heavy atom. The molecule has 46 heavy (non-hydrogen) atoms. The molecule has 0 unspecified atom stereocenters. The van der Waals surface area contributed by atoms with Gasteiger partial charge in [0.15, 0.2) is 0 Å². The second kappa shape index (κ2) is 14.0. The molecule has 0 heterocycles. The summed E-state index contributed by atoms with van der Waals surface area (Å²) in [5.41, 5.74) is 13.6. The van der Waals surface area contributed by atoms with Gasteiger partial charge in [0.05, 0.1) is 0 Å². The Balaban J connectivity index is 0.000000247. The molecule has 0 bridgehead atoms. The van der Waals surface area contributed by atoms with Crippen LogP contribution in [0.2, 0.25) is 0 Å². The number of aryl methyl sites for hydroxylation is 2. The molecule has 5 aromatic rings. The Morgan fingerprint density at radius 2 is 1.30 bits per heavy atom. The summed E-state index contributed by atoms with van der Waals surface area (Å²) in [6.45, 7) is 21.2. The Morgan fingerprint density at radius 3 is 1.76 bits per heavy atom. The van der Waals surface area contributed by atoms with E-state index < -0.39 is 0 Å². The van der Waals surface area contributed by atoms with E-state index >= 15 is 0 Å². The first-order valence-electron chi connectivity index (χ1n) is 17.2. The second-order valence-electron chi connectivity index (χ2n) is 14.7. The molecule has 0 spiro atoms. The maximum atomic E-state index is 2.53. The van der Waals surface area contributed by atoms with Crippen molar-refractivity contribution in [1.29, 1.82) is 0 Å². The van der Waals surface area contributed by atoms with Crippen LogP contribution in [0.25, 0.3) is 27.1 Å². The summed E-state index contributed by atoms with van der Waals surface area (Å²) in [4.78, 5) is 0. The predicted molar refractivity (Wildman–Crippen MR) is 200 cm³/mol. The van der Waals surface area contributed by atoms with E-state index in [4.69, 9.17) is 0 Å². The third-order valence-electron chi connectivity index (χ3n) is 9.48. The molecular weight excluding hydrogens is 632 g/mol. The van der Waals surface area contributed by atoms with Crippen molar-refractivity contribution in [2.75, 3.05) is 0 Å². The first-order valence-corrected chi connectivity index (χ1v) is 18.4. The van der Waals surface area contributed by atoms with E-state index in [0.29, 0.717) is 0 Å². The molecule has 5 aromatic carbocycles. The summed E-state index contributed by atoms with van der Waals surface area (Å²) < 4.78 is 1.42. The molecular formula is C45H51Zr-. The monoisotopic (exact) mass is 681 g/mol. The molecule has 0 amide bonds. The Labute approximate surface area is 293 Å². The summed E-state index contributed by atoms with van der Waals surface area (Å²) >= 11 is 1.46. The Hall–Kier alpha value is -3.02. The van der Waals surface area contributed by atoms with Crippen LogP contribution in [-0.4, -0.2) is 3.21 Å². The molecule has 0 atom stereocenters. The number of hydrogen-bond acceptors (Lipinski definition) is 0. The van der Waals surface area contributed by atoms with Crippen LogP contribution in [0.3, 0.4) is 0 Å². The molecule has 0 aromatic heterocycles. The zero-order valence-electron chi connectivity index (χ0n) is 29.6. The van der Waals surface area contributed by atoms with Crippen molar-refractivity contribution in [1.82, 2.24) is 0 Å². The van der Waals surface area contributed by atoms with E-state index in [0.717, 1.165) is 25.7 Å². The summed E-state index contributed by atoms with van der Waals surface area (Å²) in [6.07, 6.45) is 11.2. The van der Waals surface area contributed by atoms with Crippen LogP contribution >= 0.6 is 0 Å². The van der Waals surface area contributed by atoms with Gasteiger partial charge in [-0.1, -0.05) is 126 Å². The number of allylic oxidation sites excluding steroid dienone is 4. The van der Waals surface area contributed by atoms with Gasteiger partial charge < -0.3 is 0 Å². The zero-order valence-corrected chi connectivity index (χ0v) is 32.0. The molecule has 0 nitrogen and oxygen atoms in total. The first-order chi connectivity index (χ1) is 21.9. The van der Waals surface area contributed by atoms with E-state index in [2.05, 4.69) is 159 Å². The topological polar surface area (TPSA) is 0 Å². The van der Waals surface area contributed by atoms with Crippen LogP contribution in [0.4, 0.5) is 0 Å². The summed E-state index contributed by atoms with van der Waals surface area (Å²) in [5.74, 6) is 0. The van der Waals surface area contributed by atoms with Crippen molar-refractivity contribution in [2.45, 2.75) is 98.8 Å². The van der Waals surface area contributed by atoms with Gasteiger partial charge in [0, 0.05) is 0 Å². The van der Waals surface area contributed by atoms with Crippen molar-refractivity contribution < 1.29 is 24.2 Å². The Bertz CT molecular complexity index is 1870. The van der Waals surface area contributed by atoms with Crippen molar-refractivity contribution in [3.63, 3.8) is 0 Å². The summed E-state index contributed by atoms with van der Waals surface area (Å²) in [5, 5.41) is 5.96. The normalized spacial score (nSPS) is 13.2. The molecule has 0 saturated heterocycles. The molecule has 0 radical (unpaired) electrons. The molecule has 236 valence electrons. The van der Waals surface area contributed by atoms with Gasteiger partial charge in [-0.15, -0.1) is 33.7 Å². The van der Waals surface area contributed by atoms with Crippen molar-refractivity contribution in [2.24, 2.45) is 0 Å². The van der Waals surface area contributed by atoms with E-state index in [1.165, 1.54) is 82.4 Å². The standard InChI is InChI=1S/C32H41.C13H10.Zr/c1-10-20-17-23(31(4,5)6)18-22-19-26-28(21-15-13-14-16-21)30(32(7,8)9)25(12-3)24(11-2)29(26)27(20)22;1-3-7-12(8-4-1)11-13-9-5-2-6-10-13;/h13-15,17-19H,10-12,16H2,1-9H3;1-10H;/q-1;;. The Kier molecular flexibility index (Phi) is 10.4. The molecule has 0 N–H and O–H groups in total. The quantitative estimate of drug-likeness (QED) is 0.156. The summed E-state index contributed by atoms with van der Waals surface area (Å²) in [6, 6.07) is 28.6. The van der Waals surface area contributed by atoms with E-state index in [1.807, 2.05) is 0 Å². The third-order valence-corrected chi connectivity index (χ3v) is 10.9. The fourth-order valence-electron chi connectivity index (χ4n) is 7.27. The van der Waals surface area contributed by atoms with E-state index in [-0.39, 0.29) is 10.8 Å². The van der Waals surface area contributed by atoms with Crippen LogP contribution in [-0.2, 0) is 54.3 Å². The maximum absolute atomic E-state index is 2.53. The fourth-order valence-corrected chi connectivity index (χ4v) is 8.09. The van der Waals surface area contributed by atoms with Gasteiger partial charge >= 0.3 is 99.2 Å². The summed E-state index contributed by atoms with van der Waals surface area (Å²) in [7, 11) is 0. The van der Waals surface area contributed by atoms with Gasteiger partial charge in [0.25, 0.3) is 0 Å². The van der Waals surface area contributed by atoms with Gasteiger partial charge in [-0.05, 0) is 36.5 Å². The SMILES string of the molecule is CCc1c(C(C)(C)C)c(C2=CC=CC2)c2[cH-]c3cc(C(C)(C)C)cc(CC)c3c2c1CC.[Zr]=[C](c1ccccc1)c1ccccc1. The van der Waals surface area contributed by atoms with Crippen molar-refractivity contribution in [3.05, 3.63) is 142 Å². The zero-order chi connectivity index (χ0) is 33.2. The van der Waals surface area contributed by atoms with Crippen LogP contribution < -0.4 is 0 Å². The third kappa shape index (κ3) is 6.82. The first kappa shape index (κ1) is 34.3. The predicted octanol–water partition coefficient (Wildman–Crippen LogP) is 12.1. The van der Waals surface area contributed by atoms with Crippen molar-refractivity contribution in [3.8, 4) is 0 Å². The van der Waals surface area contributed by atoms with Crippen LogP contribution in [0.1, 0.15) is 113 Å². The molecule has 1 aliphatic rings. The molecule has 1 heteroatoms. The second-order valence-corrected chi connectivity index (χ2v) is 16.0. The number of benzene rings is 4.